The van der Waals surface area contributed by atoms with Crippen molar-refractivity contribution in [2.45, 2.75) is 45.1 Å². The van der Waals surface area contributed by atoms with Crippen molar-refractivity contribution in [1.82, 2.24) is 19.4 Å². The van der Waals surface area contributed by atoms with E-state index in [1.165, 1.54) is 0 Å². The molecule has 2 saturated heterocycles. The van der Waals surface area contributed by atoms with Gasteiger partial charge in [-0.3, -0.25) is 14.5 Å². The van der Waals surface area contributed by atoms with Crippen LogP contribution >= 0.6 is 0 Å². The van der Waals surface area contributed by atoms with Crippen molar-refractivity contribution in [1.29, 1.82) is 0 Å². The Morgan fingerprint density at radius 3 is 2.94 bits per heavy atom. The zero-order valence-electron chi connectivity index (χ0n) is 19.2. The van der Waals surface area contributed by atoms with Crippen LogP contribution in [0, 0.1) is 17.8 Å². The third-order valence-electron chi connectivity index (χ3n) is 5.90. The molecule has 4 rings (SSSR count). The molecule has 7 heteroatoms. The highest BCUT2D eigenvalue weighted by molar-refractivity contribution is 5.67. The number of ether oxygens (including phenoxy) is 2. The van der Waals surface area contributed by atoms with Crippen molar-refractivity contribution in [3.8, 4) is 11.8 Å². The van der Waals surface area contributed by atoms with Crippen LogP contribution in [0.15, 0.2) is 49.5 Å². The van der Waals surface area contributed by atoms with Crippen molar-refractivity contribution in [2.75, 3.05) is 26.3 Å². The predicted octanol–water partition coefficient (Wildman–Crippen LogP) is 3.39. The molecule has 1 N–H and O–H groups in total. The van der Waals surface area contributed by atoms with Crippen molar-refractivity contribution in [3.63, 3.8) is 0 Å². The highest BCUT2D eigenvalue weighted by Crippen LogP contribution is 2.24. The van der Waals surface area contributed by atoms with Crippen molar-refractivity contribution in [3.05, 3.63) is 66.5 Å². The highest BCUT2D eigenvalue weighted by atomic mass is 16.7. The first kappa shape index (κ1) is 23.4. The Morgan fingerprint density at radius 1 is 1.36 bits per heavy atom. The molecule has 2 aliphatic heterocycles. The molecule has 0 aliphatic carbocycles. The molecule has 0 amide bonds. The van der Waals surface area contributed by atoms with Gasteiger partial charge in [-0.05, 0) is 50.3 Å². The number of rotatable bonds is 8. The number of nitrogens with zero attached hydrogens (tertiary/aromatic N) is 4. The minimum Gasteiger partial charge on any atom is -0.396 e. The maximum absolute atomic E-state index is 9.15. The van der Waals surface area contributed by atoms with Crippen molar-refractivity contribution < 1.29 is 14.6 Å². The molecular formula is C26H32N4O3. The van der Waals surface area contributed by atoms with E-state index in [4.69, 9.17) is 14.6 Å². The van der Waals surface area contributed by atoms with E-state index in [0.717, 1.165) is 68.3 Å². The van der Waals surface area contributed by atoms with Gasteiger partial charge in [-0.2, -0.15) is 0 Å². The number of hydrogen-bond donors (Lipinski definition) is 1. The van der Waals surface area contributed by atoms with E-state index in [1.54, 1.807) is 18.5 Å². The number of aliphatic hydroxyl groups is 1. The summed E-state index contributed by atoms with van der Waals surface area (Å²) in [5.41, 5.74) is 2.61. The summed E-state index contributed by atoms with van der Waals surface area (Å²) >= 11 is 0. The highest BCUT2D eigenvalue weighted by Gasteiger charge is 2.25. The van der Waals surface area contributed by atoms with Crippen LogP contribution in [0.2, 0.25) is 0 Å². The van der Waals surface area contributed by atoms with Gasteiger partial charge in [0.1, 0.15) is 11.9 Å². The average Bonchev–Trinajstić information content (AvgIpc) is 3.30. The summed E-state index contributed by atoms with van der Waals surface area (Å²) in [5, 5.41) is 9.15. The first-order chi connectivity index (χ1) is 16.2. The molecule has 33 heavy (non-hydrogen) atoms. The molecule has 2 atom stereocenters. The normalized spacial score (nSPS) is 20.5. The molecule has 4 heterocycles. The zero-order valence-corrected chi connectivity index (χ0v) is 19.2. The van der Waals surface area contributed by atoms with E-state index < -0.39 is 0 Å². The van der Waals surface area contributed by atoms with Gasteiger partial charge in [0.25, 0.3) is 0 Å². The molecule has 2 aromatic rings. The maximum atomic E-state index is 9.15. The molecule has 2 aliphatic rings. The number of imidazole rings is 1. The van der Waals surface area contributed by atoms with E-state index in [-0.39, 0.29) is 19.0 Å². The first-order valence-corrected chi connectivity index (χ1v) is 11.6. The van der Waals surface area contributed by atoms with E-state index >= 15 is 0 Å². The largest absolute Gasteiger partial charge is 0.396 e. The second kappa shape index (κ2) is 11.4. The third kappa shape index (κ3) is 6.18. The SMILES string of the molecule is C=C/C=C(/C#Cc1ccc(CN2CC(CO)C2)nc1)n1ccnc1[C@H](C)OC1CCCCO1. The lowest BCUT2D eigenvalue weighted by molar-refractivity contribution is -0.187. The fraction of sp³-hybridized carbons (Fsp3) is 0.462. The fourth-order valence-corrected chi connectivity index (χ4v) is 4.10. The Balaban J connectivity index is 1.42. The number of likely N-dealkylation sites (tertiary alicyclic amines) is 1. The van der Waals surface area contributed by atoms with Gasteiger partial charge in [0.2, 0.25) is 0 Å². The van der Waals surface area contributed by atoms with Gasteiger partial charge >= 0.3 is 0 Å². The number of pyridine rings is 1. The molecule has 2 fully saturated rings. The van der Waals surface area contributed by atoms with Crippen LogP contribution in [0.4, 0.5) is 0 Å². The van der Waals surface area contributed by atoms with Gasteiger partial charge in [-0.25, -0.2) is 4.98 Å². The summed E-state index contributed by atoms with van der Waals surface area (Å²) < 4.78 is 13.8. The van der Waals surface area contributed by atoms with Crippen LogP contribution in [-0.2, 0) is 16.0 Å². The first-order valence-electron chi connectivity index (χ1n) is 11.6. The molecule has 174 valence electrons. The van der Waals surface area contributed by atoms with Crippen LogP contribution in [0.5, 0.6) is 0 Å². The van der Waals surface area contributed by atoms with Crippen molar-refractivity contribution >= 4 is 5.70 Å². The summed E-state index contributed by atoms with van der Waals surface area (Å²) in [6.07, 6.45) is 11.7. The van der Waals surface area contributed by atoms with Crippen LogP contribution in [0.25, 0.3) is 5.70 Å². The lowest BCUT2D eigenvalue weighted by Gasteiger charge is -2.37. The molecule has 0 bridgehead atoms. The van der Waals surface area contributed by atoms with Gasteiger partial charge in [-0.1, -0.05) is 18.6 Å². The molecule has 2 aromatic heterocycles. The second-order valence-corrected chi connectivity index (χ2v) is 8.55. The monoisotopic (exact) mass is 448 g/mol. The van der Waals surface area contributed by atoms with E-state index in [1.807, 2.05) is 35.9 Å². The lowest BCUT2D eigenvalue weighted by atomic mass is 10.0. The standard InChI is InChI=1S/C26H32N4O3/c1-3-6-24(30-13-12-27-26(30)20(2)33-25-7-4-5-14-32-25)11-9-21-8-10-23(28-15-21)18-29-16-22(17-29)19-31/h3,6,8,10,12-13,15,20,22,25,31H,1,4-5,7,14,16-19H2,2H3/b24-6-/t20-,25?/m0/s1. The molecule has 0 spiro atoms. The number of aliphatic hydroxyl groups excluding tert-OH is 1. The molecule has 0 saturated carbocycles. The summed E-state index contributed by atoms with van der Waals surface area (Å²) in [6, 6.07) is 4.00. The second-order valence-electron chi connectivity index (χ2n) is 8.55. The van der Waals surface area contributed by atoms with Gasteiger partial charge in [-0.15, -0.1) is 0 Å². The Labute approximate surface area is 195 Å². The molecule has 1 unspecified atom stereocenters. The average molecular weight is 449 g/mol. The summed E-state index contributed by atoms with van der Waals surface area (Å²) in [6.45, 7) is 9.48. The number of aromatic nitrogens is 3. The maximum Gasteiger partial charge on any atom is 0.158 e. The predicted molar refractivity (Wildman–Crippen MR) is 127 cm³/mol. The fourth-order valence-electron chi connectivity index (χ4n) is 4.10. The minimum absolute atomic E-state index is 0.188. The van der Waals surface area contributed by atoms with Gasteiger partial charge in [0.15, 0.2) is 6.29 Å². The van der Waals surface area contributed by atoms with Crippen LogP contribution in [0.3, 0.4) is 0 Å². The smallest absolute Gasteiger partial charge is 0.158 e. The molecular weight excluding hydrogens is 416 g/mol. The van der Waals surface area contributed by atoms with E-state index in [2.05, 4.69) is 33.3 Å². The lowest BCUT2D eigenvalue weighted by Crippen LogP contribution is -2.47. The number of allylic oxidation sites excluding steroid dienone is 3. The Morgan fingerprint density at radius 2 is 2.24 bits per heavy atom. The van der Waals surface area contributed by atoms with Crippen LogP contribution < -0.4 is 0 Å². The van der Waals surface area contributed by atoms with Crippen molar-refractivity contribution in [2.24, 2.45) is 5.92 Å². The van der Waals surface area contributed by atoms with Crippen LogP contribution in [-0.4, -0.2) is 57.1 Å². The summed E-state index contributed by atoms with van der Waals surface area (Å²) in [7, 11) is 0. The summed E-state index contributed by atoms with van der Waals surface area (Å²) in [5.74, 6) is 7.61. The third-order valence-corrected chi connectivity index (χ3v) is 5.90. The molecule has 0 radical (unpaired) electrons. The van der Waals surface area contributed by atoms with Gasteiger partial charge in [0, 0.05) is 62.9 Å². The van der Waals surface area contributed by atoms with Gasteiger partial charge in [0.05, 0.1) is 11.4 Å². The van der Waals surface area contributed by atoms with Gasteiger partial charge < -0.3 is 14.6 Å². The Hall–Kier alpha value is -2.76. The minimum atomic E-state index is -0.231. The zero-order chi connectivity index (χ0) is 23.0. The van der Waals surface area contributed by atoms with E-state index in [0.29, 0.717) is 5.92 Å². The Bertz CT molecular complexity index is 1010. The molecule has 0 aromatic carbocycles. The van der Waals surface area contributed by atoms with E-state index in [9.17, 15) is 0 Å². The summed E-state index contributed by atoms with van der Waals surface area (Å²) in [4.78, 5) is 11.3. The quantitative estimate of drug-likeness (QED) is 0.493. The Kier molecular flexibility index (Phi) is 8.08. The van der Waals surface area contributed by atoms with Crippen LogP contribution in [0.1, 0.15) is 49.4 Å². The number of hydrogen-bond acceptors (Lipinski definition) is 6. The molecule has 7 nitrogen and oxygen atoms in total. The topological polar surface area (TPSA) is 72.6 Å².